The molecule has 2 N–H and O–H groups in total. The van der Waals surface area contributed by atoms with Gasteiger partial charge in [0.2, 0.25) is 0 Å². The lowest BCUT2D eigenvalue weighted by atomic mass is 10.2. The SMILES string of the molecule is CNc1ccc(S(=O)(=O)Nc2ccc(C#N)cc2Cl)cc1. The van der Waals surface area contributed by atoms with E-state index in [9.17, 15) is 8.42 Å². The van der Waals surface area contributed by atoms with Crippen LogP contribution in [0.5, 0.6) is 0 Å². The summed E-state index contributed by atoms with van der Waals surface area (Å²) in [6, 6.07) is 12.6. The summed E-state index contributed by atoms with van der Waals surface area (Å²) < 4.78 is 26.9. The van der Waals surface area contributed by atoms with Gasteiger partial charge in [-0.2, -0.15) is 5.26 Å². The molecule has 0 aliphatic heterocycles. The Balaban J connectivity index is 2.30. The number of nitrogens with zero attached hydrogens (tertiary/aromatic N) is 1. The summed E-state index contributed by atoms with van der Waals surface area (Å²) in [5.41, 5.74) is 1.40. The lowest BCUT2D eigenvalue weighted by molar-refractivity contribution is 0.601. The van der Waals surface area contributed by atoms with Crippen LogP contribution in [0, 0.1) is 11.3 Å². The maximum atomic E-state index is 12.3. The van der Waals surface area contributed by atoms with Gasteiger partial charge in [-0.3, -0.25) is 4.72 Å². The van der Waals surface area contributed by atoms with Gasteiger partial charge in [0.25, 0.3) is 10.0 Å². The van der Waals surface area contributed by atoms with E-state index in [4.69, 9.17) is 16.9 Å². The third kappa shape index (κ3) is 3.45. The van der Waals surface area contributed by atoms with Crippen molar-refractivity contribution in [3.8, 4) is 6.07 Å². The van der Waals surface area contributed by atoms with Crippen molar-refractivity contribution in [1.29, 1.82) is 5.26 Å². The molecule has 0 saturated carbocycles. The highest BCUT2D eigenvalue weighted by Gasteiger charge is 2.15. The summed E-state index contributed by atoms with van der Waals surface area (Å²) in [5, 5.41) is 11.8. The number of benzene rings is 2. The van der Waals surface area contributed by atoms with Crippen molar-refractivity contribution in [2.24, 2.45) is 0 Å². The van der Waals surface area contributed by atoms with Crippen molar-refractivity contribution in [3.05, 3.63) is 53.1 Å². The van der Waals surface area contributed by atoms with Crippen molar-refractivity contribution in [3.63, 3.8) is 0 Å². The Morgan fingerprint density at radius 1 is 1.14 bits per heavy atom. The molecule has 0 aliphatic carbocycles. The highest BCUT2D eigenvalue weighted by molar-refractivity contribution is 7.92. The van der Waals surface area contributed by atoms with E-state index in [1.165, 1.54) is 30.3 Å². The van der Waals surface area contributed by atoms with Crippen molar-refractivity contribution < 1.29 is 8.42 Å². The minimum Gasteiger partial charge on any atom is -0.388 e. The predicted molar refractivity (Wildman–Crippen MR) is 83.0 cm³/mol. The van der Waals surface area contributed by atoms with Crippen LogP contribution < -0.4 is 10.0 Å². The summed E-state index contributed by atoms with van der Waals surface area (Å²) in [7, 11) is -1.98. The standard InChI is InChI=1S/C14H12ClN3O2S/c1-17-11-3-5-12(6-4-11)21(19,20)18-14-7-2-10(9-16)8-13(14)15/h2-8,17-18H,1H3. The fourth-order valence-electron chi connectivity index (χ4n) is 1.67. The lowest BCUT2D eigenvalue weighted by Gasteiger charge is -2.10. The number of anilines is 2. The van der Waals surface area contributed by atoms with E-state index in [-0.39, 0.29) is 15.6 Å². The van der Waals surface area contributed by atoms with Gasteiger partial charge in [-0.15, -0.1) is 0 Å². The number of halogens is 1. The minimum absolute atomic E-state index is 0.127. The molecule has 0 saturated heterocycles. The fraction of sp³-hybridized carbons (Fsp3) is 0.0714. The fourth-order valence-corrected chi connectivity index (χ4v) is 3.04. The van der Waals surface area contributed by atoms with E-state index >= 15 is 0 Å². The first-order valence-electron chi connectivity index (χ1n) is 5.96. The highest BCUT2D eigenvalue weighted by Crippen LogP contribution is 2.26. The Labute approximate surface area is 128 Å². The van der Waals surface area contributed by atoms with Gasteiger partial charge in [0.15, 0.2) is 0 Å². The molecule has 21 heavy (non-hydrogen) atoms. The molecule has 0 aromatic heterocycles. The Bertz CT molecular complexity index is 796. The zero-order valence-corrected chi connectivity index (χ0v) is 12.7. The Hall–Kier alpha value is -2.23. The summed E-state index contributed by atoms with van der Waals surface area (Å²) in [5.74, 6) is 0. The van der Waals surface area contributed by atoms with Crippen molar-refractivity contribution in [2.75, 3.05) is 17.1 Å². The van der Waals surface area contributed by atoms with E-state index in [1.54, 1.807) is 19.2 Å². The first-order chi connectivity index (χ1) is 9.96. The summed E-state index contributed by atoms with van der Waals surface area (Å²) in [4.78, 5) is 0.127. The average Bonchev–Trinajstić information content (AvgIpc) is 2.49. The molecule has 5 nitrogen and oxygen atoms in total. The molecular formula is C14H12ClN3O2S. The van der Waals surface area contributed by atoms with Gasteiger partial charge in [0.1, 0.15) is 0 Å². The van der Waals surface area contributed by atoms with Crippen LogP contribution in [-0.2, 0) is 10.0 Å². The maximum Gasteiger partial charge on any atom is 0.261 e. The molecule has 0 radical (unpaired) electrons. The quantitative estimate of drug-likeness (QED) is 0.906. The molecule has 2 aromatic rings. The Kier molecular flexibility index (Phi) is 4.36. The molecule has 0 spiro atoms. The highest BCUT2D eigenvalue weighted by atomic mass is 35.5. The monoisotopic (exact) mass is 321 g/mol. The largest absolute Gasteiger partial charge is 0.388 e. The minimum atomic E-state index is -3.73. The van der Waals surface area contributed by atoms with Crippen LogP contribution >= 0.6 is 11.6 Å². The molecule has 0 heterocycles. The summed E-state index contributed by atoms with van der Waals surface area (Å²) in [6.45, 7) is 0. The maximum absolute atomic E-state index is 12.3. The van der Waals surface area contributed by atoms with Gasteiger partial charge in [0, 0.05) is 12.7 Å². The number of hydrogen-bond acceptors (Lipinski definition) is 4. The van der Waals surface area contributed by atoms with Crippen molar-refractivity contribution in [2.45, 2.75) is 4.90 Å². The van der Waals surface area contributed by atoms with Gasteiger partial charge >= 0.3 is 0 Å². The third-order valence-electron chi connectivity index (χ3n) is 2.80. The molecule has 2 rings (SSSR count). The summed E-state index contributed by atoms with van der Waals surface area (Å²) >= 11 is 5.96. The number of sulfonamides is 1. The van der Waals surface area contributed by atoms with Crippen LogP contribution in [0.2, 0.25) is 5.02 Å². The molecule has 0 unspecified atom stereocenters. The molecule has 0 bridgehead atoms. The number of rotatable bonds is 4. The first-order valence-corrected chi connectivity index (χ1v) is 7.82. The van der Waals surface area contributed by atoms with E-state index in [0.29, 0.717) is 5.56 Å². The first kappa shape index (κ1) is 15.2. The van der Waals surface area contributed by atoms with Crippen LogP contribution in [0.25, 0.3) is 0 Å². The molecule has 7 heteroatoms. The van der Waals surface area contributed by atoms with Gasteiger partial charge in [-0.05, 0) is 42.5 Å². The predicted octanol–water partition coefficient (Wildman–Crippen LogP) is 3.05. The van der Waals surface area contributed by atoms with Crippen molar-refractivity contribution in [1.82, 2.24) is 0 Å². The Morgan fingerprint density at radius 2 is 1.81 bits per heavy atom. The molecule has 0 atom stereocenters. The second-order valence-electron chi connectivity index (χ2n) is 4.19. The van der Waals surface area contributed by atoms with E-state index in [1.807, 2.05) is 6.07 Å². The second-order valence-corrected chi connectivity index (χ2v) is 6.28. The summed E-state index contributed by atoms with van der Waals surface area (Å²) in [6.07, 6.45) is 0. The van der Waals surface area contributed by atoms with Crippen LogP contribution in [0.1, 0.15) is 5.56 Å². The molecule has 108 valence electrons. The van der Waals surface area contributed by atoms with E-state index in [2.05, 4.69) is 10.0 Å². The van der Waals surface area contributed by atoms with Gasteiger partial charge in [-0.1, -0.05) is 11.6 Å². The molecule has 0 amide bonds. The molecular weight excluding hydrogens is 310 g/mol. The molecule has 0 fully saturated rings. The number of nitriles is 1. The topological polar surface area (TPSA) is 82.0 Å². The van der Waals surface area contributed by atoms with Gasteiger partial charge < -0.3 is 5.32 Å². The average molecular weight is 322 g/mol. The zero-order chi connectivity index (χ0) is 15.5. The van der Waals surface area contributed by atoms with Gasteiger partial charge in [-0.25, -0.2) is 8.42 Å². The Morgan fingerprint density at radius 3 is 2.33 bits per heavy atom. The zero-order valence-electron chi connectivity index (χ0n) is 11.1. The normalized spacial score (nSPS) is 10.7. The third-order valence-corrected chi connectivity index (χ3v) is 4.49. The van der Waals surface area contributed by atoms with Gasteiger partial charge in [0.05, 0.1) is 27.2 Å². The smallest absolute Gasteiger partial charge is 0.261 e. The van der Waals surface area contributed by atoms with Crippen molar-refractivity contribution >= 4 is 33.0 Å². The number of hydrogen-bond donors (Lipinski definition) is 2. The number of nitrogens with one attached hydrogen (secondary N) is 2. The molecule has 0 aliphatic rings. The van der Waals surface area contributed by atoms with E-state index in [0.717, 1.165) is 5.69 Å². The van der Waals surface area contributed by atoms with E-state index < -0.39 is 10.0 Å². The van der Waals surface area contributed by atoms with Crippen LogP contribution in [0.3, 0.4) is 0 Å². The van der Waals surface area contributed by atoms with Crippen LogP contribution in [0.4, 0.5) is 11.4 Å². The van der Waals surface area contributed by atoms with Crippen LogP contribution in [-0.4, -0.2) is 15.5 Å². The second kappa shape index (κ2) is 6.04. The van der Waals surface area contributed by atoms with Crippen LogP contribution in [0.15, 0.2) is 47.4 Å². The molecule has 2 aromatic carbocycles. The lowest BCUT2D eigenvalue weighted by Crippen LogP contribution is -2.13.